The van der Waals surface area contributed by atoms with E-state index in [0.717, 1.165) is 17.7 Å². The Hall–Kier alpha value is -3.45. The summed E-state index contributed by atoms with van der Waals surface area (Å²) in [6.07, 6.45) is 2.24. The molecule has 0 radical (unpaired) electrons. The molecule has 8 heteroatoms. The highest BCUT2D eigenvalue weighted by molar-refractivity contribution is 6.31. The third kappa shape index (κ3) is 2.98. The third-order valence-electron chi connectivity index (χ3n) is 5.41. The van der Waals surface area contributed by atoms with E-state index in [9.17, 15) is 14.0 Å². The summed E-state index contributed by atoms with van der Waals surface area (Å²) in [6, 6.07) is 12.3. The fourth-order valence-corrected chi connectivity index (χ4v) is 4.25. The lowest BCUT2D eigenvalue weighted by atomic mass is 9.99. The van der Waals surface area contributed by atoms with E-state index >= 15 is 0 Å². The summed E-state index contributed by atoms with van der Waals surface area (Å²) in [5, 5.41) is 5.99. The molecule has 1 unspecified atom stereocenters. The minimum absolute atomic E-state index is 0.181. The van der Waals surface area contributed by atoms with Gasteiger partial charge < -0.3 is 10.6 Å². The topological polar surface area (TPSA) is 74.3 Å². The molecule has 1 atom stereocenters. The lowest BCUT2D eigenvalue weighted by Gasteiger charge is -2.21. The van der Waals surface area contributed by atoms with Gasteiger partial charge in [0.15, 0.2) is 0 Å². The van der Waals surface area contributed by atoms with Crippen LogP contribution >= 0.6 is 11.6 Å². The first-order valence-corrected chi connectivity index (χ1v) is 9.82. The number of benzene rings is 2. The van der Waals surface area contributed by atoms with Gasteiger partial charge in [0.1, 0.15) is 11.5 Å². The Balaban J connectivity index is 1.52. The minimum atomic E-state index is -0.717. The number of halogens is 2. The maximum absolute atomic E-state index is 13.9. The van der Waals surface area contributed by atoms with Gasteiger partial charge in [-0.15, -0.1) is 0 Å². The van der Waals surface area contributed by atoms with Crippen LogP contribution in [0.3, 0.4) is 0 Å². The second kappa shape index (κ2) is 7.11. The predicted octanol–water partition coefficient (Wildman–Crippen LogP) is 4.30. The molecule has 6 nitrogen and oxygen atoms in total. The number of urea groups is 1. The van der Waals surface area contributed by atoms with Crippen molar-refractivity contribution in [2.75, 3.05) is 16.8 Å². The molecule has 2 aromatic carbocycles. The minimum Gasteiger partial charge on any atom is -0.340 e. The number of rotatable bonds is 2. The van der Waals surface area contributed by atoms with E-state index in [1.54, 1.807) is 11.0 Å². The van der Waals surface area contributed by atoms with Gasteiger partial charge >= 0.3 is 6.03 Å². The quantitative estimate of drug-likeness (QED) is 0.646. The first-order valence-electron chi connectivity index (χ1n) is 9.44. The molecule has 3 heterocycles. The van der Waals surface area contributed by atoms with Gasteiger partial charge in [0.25, 0.3) is 5.91 Å². The average molecular weight is 423 g/mol. The molecule has 0 saturated heterocycles. The number of fused-ring (bicyclic) bond motifs is 2. The molecular formula is C22H16ClFN4O2. The number of nitrogens with one attached hydrogen (secondary N) is 2. The van der Waals surface area contributed by atoms with Crippen LogP contribution in [0.25, 0.3) is 0 Å². The summed E-state index contributed by atoms with van der Waals surface area (Å²) in [6.45, 7) is 0.564. The monoisotopic (exact) mass is 422 g/mol. The van der Waals surface area contributed by atoms with Crippen LogP contribution in [0.15, 0.2) is 54.7 Å². The first kappa shape index (κ1) is 18.6. The molecule has 150 valence electrons. The fraction of sp³-hybridized carbons (Fsp3) is 0.136. The Morgan fingerprint density at radius 2 is 2.07 bits per heavy atom. The number of amides is 3. The van der Waals surface area contributed by atoms with E-state index in [0.29, 0.717) is 28.4 Å². The molecule has 0 spiro atoms. The SMILES string of the molecule is O=C1NC(c2cc(F)ccc2Cl)c2c(NC(=O)N3CCc4ccccc43)ccnc21. The van der Waals surface area contributed by atoms with Gasteiger partial charge in [0.2, 0.25) is 0 Å². The highest BCUT2D eigenvalue weighted by Gasteiger charge is 2.36. The van der Waals surface area contributed by atoms with E-state index in [-0.39, 0.29) is 11.7 Å². The van der Waals surface area contributed by atoms with Crippen molar-refractivity contribution < 1.29 is 14.0 Å². The Bertz CT molecular complexity index is 1200. The van der Waals surface area contributed by atoms with Gasteiger partial charge in [0, 0.05) is 34.6 Å². The van der Waals surface area contributed by atoms with Gasteiger partial charge in [-0.3, -0.25) is 14.7 Å². The van der Waals surface area contributed by atoms with Crippen LogP contribution in [0.4, 0.5) is 20.6 Å². The highest BCUT2D eigenvalue weighted by Crippen LogP contribution is 2.38. The Morgan fingerprint density at radius 3 is 2.93 bits per heavy atom. The fourth-order valence-electron chi connectivity index (χ4n) is 4.03. The van der Waals surface area contributed by atoms with E-state index < -0.39 is 17.8 Å². The maximum Gasteiger partial charge on any atom is 0.326 e. The number of carbonyl (C=O) groups excluding carboxylic acids is 2. The number of hydrogen-bond donors (Lipinski definition) is 2. The van der Waals surface area contributed by atoms with Crippen LogP contribution < -0.4 is 15.5 Å². The van der Waals surface area contributed by atoms with Crippen LogP contribution in [0.5, 0.6) is 0 Å². The normalized spacial score (nSPS) is 16.8. The molecule has 5 rings (SSSR count). The molecule has 3 aromatic rings. The van der Waals surface area contributed by atoms with Gasteiger partial charge in [-0.2, -0.15) is 0 Å². The number of pyridine rings is 1. The average Bonchev–Trinajstić information content (AvgIpc) is 3.32. The van der Waals surface area contributed by atoms with Crippen molar-refractivity contribution in [3.63, 3.8) is 0 Å². The molecule has 0 aliphatic carbocycles. The number of nitrogens with zero attached hydrogens (tertiary/aromatic N) is 2. The zero-order chi connectivity index (χ0) is 20.8. The van der Waals surface area contributed by atoms with E-state index in [2.05, 4.69) is 15.6 Å². The number of hydrogen-bond acceptors (Lipinski definition) is 3. The Labute approximate surface area is 176 Å². The van der Waals surface area contributed by atoms with Crippen LogP contribution in [0.2, 0.25) is 5.02 Å². The molecule has 2 aliphatic heterocycles. The number of anilines is 2. The van der Waals surface area contributed by atoms with Crippen LogP contribution in [0, 0.1) is 5.82 Å². The molecule has 2 aliphatic rings. The summed E-state index contributed by atoms with van der Waals surface area (Å²) < 4.78 is 13.9. The third-order valence-corrected chi connectivity index (χ3v) is 5.76. The molecule has 0 bridgehead atoms. The van der Waals surface area contributed by atoms with Crippen molar-refractivity contribution in [2.24, 2.45) is 0 Å². The van der Waals surface area contributed by atoms with Crippen molar-refractivity contribution in [2.45, 2.75) is 12.5 Å². The summed E-state index contributed by atoms with van der Waals surface area (Å²) in [5.74, 6) is -0.877. The zero-order valence-corrected chi connectivity index (χ0v) is 16.4. The van der Waals surface area contributed by atoms with Crippen molar-refractivity contribution in [1.82, 2.24) is 10.3 Å². The zero-order valence-electron chi connectivity index (χ0n) is 15.7. The van der Waals surface area contributed by atoms with Crippen molar-refractivity contribution in [1.29, 1.82) is 0 Å². The largest absolute Gasteiger partial charge is 0.340 e. The van der Waals surface area contributed by atoms with E-state index in [4.69, 9.17) is 11.6 Å². The summed E-state index contributed by atoms with van der Waals surface area (Å²) >= 11 is 6.27. The standard InChI is InChI=1S/C22H16ClFN4O2/c23-15-6-5-13(24)11-14(15)19-18-16(7-9-25-20(18)21(29)27-19)26-22(30)28-10-8-12-3-1-2-4-17(12)28/h1-7,9,11,19H,8,10H2,(H,27,29)(H,25,26,30). The van der Waals surface area contributed by atoms with Crippen LogP contribution in [-0.4, -0.2) is 23.5 Å². The van der Waals surface area contributed by atoms with Crippen LogP contribution in [0.1, 0.15) is 33.2 Å². The Kier molecular flexibility index (Phi) is 4.40. The number of aromatic nitrogens is 1. The lowest BCUT2D eigenvalue weighted by molar-refractivity contribution is 0.0956. The van der Waals surface area contributed by atoms with Crippen molar-refractivity contribution in [3.05, 3.63) is 88.0 Å². The van der Waals surface area contributed by atoms with Gasteiger partial charge in [-0.25, -0.2) is 9.18 Å². The predicted molar refractivity (Wildman–Crippen MR) is 111 cm³/mol. The van der Waals surface area contributed by atoms with E-state index in [1.807, 2.05) is 24.3 Å². The van der Waals surface area contributed by atoms with Crippen molar-refractivity contribution >= 4 is 34.9 Å². The second-order valence-electron chi connectivity index (χ2n) is 7.15. The molecular weight excluding hydrogens is 407 g/mol. The molecule has 3 amide bonds. The summed E-state index contributed by atoms with van der Waals surface area (Å²) in [5.41, 5.74) is 3.45. The second-order valence-corrected chi connectivity index (χ2v) is 7.56. The summed E-state index contributed by atoms with van der Waals surface area (Å²) in [4.78, 5) is 31.3. The first-order chi connectivity index (χ1) is 14.5. The lowest BCUT2D eigenvalue weighted by Crippen LogP contribution is -2.33. The summed E-state index contributed by atoms with van der Waals surface area (Å²) in [7, 11) is 0. The smallest absolute Gasteiger partial charge is 0.326 e. The molecule has 1 aromatic heterocycles. The van der Waals surface area contributed by atoms with E-state index in [1.165, 1.54) is 24.4 Å². The van der Waals surface area contributed by atoms with Gasteiger partial charge in [-0.1, -0.05) is 29.8 Å². The van der Waals surface area contributed by atoms with Gasteiger partial charge in [0.05, 0.1) is 11.7 Å². The van der Waals surface area contributed by atoms with Crippen molar-refractivity contribution in [3.8, 4) is 0 Å². The highest BCUT2D eigenvalue weighted by atomic mass is 35.5. The number of carbonyl (C=O) groups is 2. The van der Waals surface area contributed by atoms with Crippen LogP contribution in [-0.2, 0) is 6.42 Å². The maximum atomic E-state index is 13.9. The number of para-hydroxylation sites is 1. The molecule has 0 saturated carbocycles. The molecule has 2 N–H and O–H groups in total. The molecule has 30 heavy (non-hydrogen) atoms. The van der Waals surface area contributed by atoms with Gasteiger partial charge in [-0.05, 0) is 42.3 Å². The Morgan fingerprint density at radius 1 is 1.23 bits per heavy atom. The molecule has 0 fully saturated rings.